The van der Waals surface area contributed by atoms with E-state index in [4.69, 9.17) is 9.63 Å². The van der Waals surface area contributed by atoms with Crippen molar-refractivity contribution in [2.75, 3.05) is 6.54 Å². The molecule has 1 amide bonds. The number of carbonyl (C=O) groups is 2. The Balaban J connectivity index is 1.88. The van der Waals surface area contributed by atoms with Crippen LogP contribution in [0.1, 0.15) is 36.2 Å². The third-order valence-electron chi connectivity index (χ3n) is 3.41. The maximum absolute atomic E-state index is 11.6. The molecule has 2 N–H and O–H groups in total. The number of aromatic nitrogens is 1. The van der Waals surface area contributed by atoms with Gasteiger partial charge in [-0.25, -0.2) is 0 Å². The van der Waals surface area contributed by atoms with Crippen molar-refractivity contribution in [3.63, 3.8) is 0 Å². The lowest BCUT2D eigenvalue weighted by Crippen LogP contribution is -2.37. The van der Waals surface area contributed by atoms with Crippen LogP contribution in [-0.2, 0) is 4.79 Å². The minimum atomic E-state index is -0.770. The van der Waals surface area contributed by atoms with E-state index in [1.165, 1.54) is 12.3 Å². The number of amides is 1. The SMILES string of the molecule is O=C(NCC1CCCCC1C(=O)O)c1ccno1. The van der Waals surface area contributed by atoms with E-state index in [2.05, 4.69) is 10.5 Å². The summed E-state index contributed by atoms with van der Waals surface area (Å²) in [5, 5.41) is 15.3. The van der Waals surface area contributed by atoms with Gasteiger partial charge in [0.15, 0.2) is 0 Å². The van der Waals surface area contributed by atoms with Crippen molar-refractivity contribution in [3.8, 4) is 0 Å². The van der Waals surface area contributed by atoms with E-state index < -0.39 is 5.97 Å². The molecule has 0 radical (unpaired) electrons. The Morgan fingerprint density at radius 2 is 2.22 bits per heavy atom. The van der Waals surface area contributed by atoms with Crippen LogP contribution in [0.25, 0.3) is 0 Å². The Bertz CT molecular complexity index is 416. The van der Waals surface area contributed by atoms with Gasteiger partial charge in [0.1, 0.15) is 0 Å². The van der Waals surface area contributed by atoms with Crippen LogP contribution in [0.15, 0.2) is 16.8 Å². The molecule has 6 heteroatoms. The molecule has 1 aliphatic carbocycles. The zero-order valence-corrected chi connectivity index (χ0v) is 9.96. The van der Waals surface area contributed by atoms with Crippen molar-refractivity contribution < 1.29 is 19.2 Å². The number of rotatable bonds is 4. The van der Waals surface area contributed by atoms with Crippen LogP contribution in [0.5, 0.6) is 0 Å². The van der Waals surface area contributed by atoms with E-state index in [-0.39, 0.29) is 23.5 Å². The number of aliphatic carboxylic acids is 1. The van der Waals surface area contributed by atoms with Crippen molar-refractivity contribution in [1.29, 1.82) is 0 Å². The van der Waals surface area contributed by atoms with E-state index in [9.17, 15) is 9.59 Å². The highest BCUT2D eigenvalue weighted by Crippen LogP contribution is 2.29. The van der Waals surface area contributed by atoms with Gasteiger partial charge in [-0.3, -0.25) is 9.59 Å². The molecule has 0 bridgehead atoms. The van der Waals surface area contributed by atoms with Gasteiger partial charge in [-0.2, -0.15) is 0 Å². The highest BCUT2D eigenvalue weighted by molar-refractivity contribution is 5.91. The van der Waals surface area contributed by atoms with Gasteiger partial charge in [-0.15, -0.1) is 0 Å². The summed E-state index contributed by atoms with van der Waals surface area (Å²) >= 11 is 0. The molecule has 0 aromatic carbocycles. The third-order valence-corrected chi connectivity index (χ3v) is 3.41. The summed E-state index contributed by atoms with van der Waals surface area (Å²) < 4.78 is 4.73. The van der Waals surface area contributed by atoms with Gasteiger partial charge in [0.25, 0.3) is 5.91 Å². The Morgan fingerprint density at radius 3 is 2.89 bits per heavy atom. The third kappa shape index (κ3) is 2.88. The normalized spacial score (nSPS) is 23.6. The average Bonchev–Trinajstić information content (AvgIpc) is 2.90. The number of carboxylic acids is 1. The minimum Gasteiger partial charge on any atom is -0.481 e. The van der Waals surface area contributed by atoms with Crippen LogP contribution in [0.4, 0.5) is 0 Å². The molecule has 1 aromatic rings. The second kappa shape index (κ2) is 5.66. The highest BCUT2D eigenvalue weighted by atomic mass is 16.5. The van der Waals surface area contributed by atoms with Crippen molar-refractivity contribution >= 4 is 11.9 Å². The fourth-order valence-electron chi connectivity index (χ4n) is 2.42. The second-order valence-corrected chi connectivity index (χ2v) is 4.58. The molecule has 6 nitrogen and oxygen atoms in total. The first kappa shape index (κ1) is 12.6. The van der Waals surface area contributed by atoms with Gasteiger partial charge in [-0.1, -0.05) is 18.0 Å². The predicted octanol–water partition coefficient (Wildman–Crippen LogP) is 1.30. The smallest absolute Gasteiger partial charge is 0.306 e. The molecule has 2 rings (SSSR count). The lowest BCUT2D eigenvalue weighted by molar-refractivity contribution is -0.144. The zero-order chi connectivity index (χ0) is 13.0. The highest BCUT2D eigenvalue weighted by Gasteiger charge is 2.31. The van der Waals surface area contributed by atoms with E-state index in [0.717, 1.165) is 19.3 Å². The molecule has 2 unspecified atom stereocenters. The molecule has 1 saturated carbocycles. The summed E-state index contributed by atoms with van der Waals surface area (Å²) in [5.74, 6) is -1.31. The number of nitrogens with one attached hydrogen (secondary N) is 1. The molecule has 18 heavy (non-hydrogen) atoms. The van der Waals surface area contributed by atoms with Gasteiger partial charge >= 0.3 is 5.97 Å². The lowest BCUT2D eigenvalue weighted by atomic mass is 9.79. The largest absolute Gasteiger partial charge is 0.481 e. The molecule has 1 aliphatic rings. The topological polar surface area (TPSA) is 92.4 Å². The van der Waals surface area contributed by atoms with Gasteiger partial charge in [0.05, 0.1) is 12.1 Å². The fourth-order valence-corrected chi connectivity index (χ4v) is 2.42. The Labute approximate surface area is 104 Å². The Kier molecular flexibility index (Phi) is 3.96. The molecule has 1 aromatic heterocycles. The quantitative estimate of drug-likeness (QED) is 0.842. The fraction of sp³-hybridized carbons (Fsp3) is 0.583. The molecule has 1 fully saturated rings. The van der Waals surface area contributed by atoms with Gasteiger partial charge < -0.3 is 14.9 Å². The molecule has 0 spiro atoms. The standard InChI is InChI=1S/C12H16N2O4/c15-11(10-5-6-14-18-10)13-7-8-3-1-2-4-9(8)12(16)17/h5-6,8-9H,1-4,7H2,(H,13,15)(H,16,17). The average molecular weight is 252 g/mol. The summed E-state index contributed by atoms with van der Waals surface area (Å²) in [5.41, 5.74) is 0. The number of hydrogen-bond donors (Lipinski definition) is 2. The molecule has 2 atom stereocenters. The molecular formula is C12H16N2O4. The maximum atomic E-state index is 11.6. The van der Waals surface area contributed by atoms with E-state index >= 15 is 0 Å². The molecule has 1 heterocycles. The van der Waals surface area contributed by atoms with Crippen molar-refractivity contribution in [1.82, 2.24) is 10.5 Å². The van der Waals surface area contributed by atoms with Gasteiger partial charge in [0.2, 0.25) is 5.76 Å². The minimum absolute atomic E-state index is 0.00289. The van der Waals surface area contributed by atoms with Gasteiger partial charge in [-0.05, 0) is 18.8 Å². The first-order valence-corrected chi connectivity index (χ1v) is 6.10. The lowest BCUT2D eigenvalue weighted by Gasteiger charge is -2.28. The number of hydrogen-bond acceptors (Lipinski definition) is 4. The van der Waals surface area contributed by atoms with Crippen LogP contribution in [0, 0.1) is 11.8 Å². The van der Waals surface area contributed by atoms with Gasteiger partial charge in [0, 0.05) is 12.6 Å². The molecule has 0 aliphatic heterocycles. The van der Waals surface area contributed by atoms with Crippen LogP contribution in [0.2, 0.25) is 0 Å². The zero-order valence-electron chi connectivity index (χ0n) is 9.96. The summed E-state index contributed by atoms with van der Waals surface area (Å²) in [7, 11) is 0. The maximum Gasteiger partial charge on any atom is 0.306 e. The number of nitrogens with zero attached hydrogens (tertiary/aromatic N) is 1. The van der Waals surface area contributed by atoms with Crippen molar-refractivity contribution in [3.05, 3.63) is 18.0 Å². The summed E-state index contributed by atoms with van der Waals surface area (Å²) in [4.78, 5) is 22.7. The number of carboxylic acid groups (broad SMARTS) is 1. The van der Waals surface area contributed by atoms with Crippen LogP contribution >= 0.6 is 0 Å². The van der Waals surface area contributed by atoms with Crippen molar-refractivity contribution in [2.45, 2.75) is 25.7 Å². The molecule has 0 saturated heterocycles. The van der Waals surface area contributed by atoms with E-state index in [1.54, 1.807) is 0 Å². The Hall–Kier alpha value is -1.85. The van der Waals surface area contributed by atoms with Crippen LogP contribution in [-0.4, -0.2) is 28.7 Å². The summed E-state index contributed by atoms with van der Waals surface area (Å²) in [6, 6.07) is 1.48. The monoisotopic (exact) mass is 252 g/mol. The first-order chi connectivity index (χ1) is 8.68. The second-order valence-electron chi connectivity index (χ2n) is 4.58. The number of carbonyl (C=O) groups excluding carboxylic acids is 1. The molecule has 98 valence electrons. The van der Waals surface area contributed by atoms with E-state index in [0.29, 0.717) is 13.0 Å². The van der Waals surface area contributed by atoms with Crippen molar-refractivity contribution in [2.24, 2.45) is 11.8 Å². The summed E-state index contributed by atoms with van der Waals surface area (Å²) in [6.07, 6.45) is 4.90. The first-order valence-electron chi connectivity index (χ1n) is 6.10. The van der Waals surface area contributed by atoms with Crippen LogP contribution in [0.3, 0.4) is 0 Å². The summed E-state index contributed by atoms with van der Waals surface area (Å²) in [6.45, 7) is 0.372. The molecular weight excluding hydrogens is 236 g/mol. The van der Waals surface area contributed by atoms with Crippen LogP contribution < -0.4 is 5.32 Å². The Morgan fingerprint density at radius 1 is 1.44 bits per heavy atom. The van der Waals surface area contributed by atoms with E-state index in [1.807, 2.05) is 0 Å². The predicted molar refractivity (Wildman–Crippen MR) is 61.9 cm³/mol.